The normalized spacial score (nSPS) is 29.9. The standard InChI is InChI=1S/C16H18O8S/c1-23-14(20)11-4-7-2-3-8(5-10(7)25-11)24-15(21)16(22)9(6-17)12(18)13(16)19/h2-5,9,12-13,15,17-19,21-22H,6H2,1H3. The van der Waals surface area contributed by atoms with Crippen molar-refractivity contribution >= 4 is 27.4 Å². The van der Waals surface area contributed by atoms with Gasteiger partial charge in [0, 0.05) is 10.6 Å². The lowest BCUT2D eigenvalue weighted by Crippen LogP contribution is -2.76. The van der Waals surface area contributed by atoms with Crippen molar-refractivity contribution in [3.63, 3.8) is 0 Å². The second-order valence-electron chi connectivity index (χ2n) is 5.88. The fourth-order valence-electron chi connectivity index (χ4n) is 2.96. The highest BCUT2D eigenvalue weighted by Gasteiger charge is 2.65. The summed E-state index contributed by atoms with van der Waals surface area (Å²) in [5.41, 5.74) is -2.18. The van der Waals surface area contributed by atoms with Crippen LogP contribution in [-0.2, 0) is 4.74 Å². The maximum absolute atomic E-state index is 11.6. The predicted octanol–water partition coefficient (Wildman–Crippen LogP) is -0.540. The second kappa shape index (κ2) is 6.52. The van der Waals surface area contributed by atoms with Crippen LogP contribution in [0.4, 0.5) is 0 Å². The third-order valence-electron chi connectivity index (χ3n) is 4.52. The molecule has 25 heavy (non-hydrogen) atoms. The molecule has 9 heteroatoms. The molecule has 1 aliphatic carbocycles. The summed E-state index contributed by atoms with van der Waals surface area (Å²) >= 11 is 1.18. The maximum Gasteiger partial charge on any atom is 0.348 e. The summed E-state index contributed by atoms with van der Waals surface area (Å²) in [6.45, 7) is -0.623. The van der Waals surface area contributed by atoms with Gasteiger partial charge in [0.15, 0.2) is 5.60 Å². The van der Waals surface area contributed by atoms with Gasteiger partial charge in [-0.05, 0) is 29.7 Å². The van der Waals surface area contributed by atoms with Crippen LogP contribution in [0.1, 0.15) is 9.67 Å². The number of hydrogen-bond donors (Lipinski definition) is 5. The number of methoxy groups -OCH3 is 1. The molecule has 1 aromatic heterocycles. The molecule has 5 N–H and O–H groups in total. The summed E-state index contributed by atoms with van der Waals surface area (Å²) in [6.07, 6.45) is -4.85. The van der Waals surface area contributed by atoms with Crippen LogP contribution in [0.15, 0.2) is 24.3 Å². The monoisotopic (exact) mass is 370 g/mol. The van der Waals surface area contributed by atoms with E-state index in [-0.39, 0.29) is 5.75 Å². The van der Waals surface area contributed by atoms with Crippen molar-refractivity contribution in [3.05, 3.63) is 29.1 Å². The lowest BCUT2D eigenvalue weighted by atomic mass is 9.64. The molecule has 1 fully saturated rings. The van der Waals surface area contributed by atoms with Crippen LogP contribution in [0.25, 0.3) is 10.1 Å². The molecule has 0 bridgehead atoms. The number of benzene rings is 1. The largest absolute Gasteiger partial charge is 0.465 e. The molecular weight excluding hydrogens is 352 g/mol. The van der Waals surface area contributed by atoms with Crippen molar-refractivity contribution in [1.29, 1.82) is 0 Å². The van der Waals surface area contributed by atoms with Gasteiger partial charge in [-0.1, -0.05) is 0 Å². The van der Waals surface area contributed by atoms with E-state index in [9.17, 15) is 30.3 Å². The molecular formula is C16H18O8S. The van der Waals surface area contributed by atoms with Crippen molar-refractivity contribution in [2.24, 2.45) is 5.92 Å². The van der Waals surface area contributed by atoms with E-state index in [0.717, 1.165) is 5.39 Å². The van der Waals surface area contributed by atoms with Crippen LogP contribution in [0.2, 0.25) is 0 Å². The van der Waals surface area contributed by atoms with E-state index in [2.05, 4.69) is 4.74 Å². The molecule has 0 radical (unpaired) electrons. The molecule has 1 aromatic carbocycles. The zero-order valence-electron chi connectivity index (χ0n) is 13.2. The number of rotatable bonds is 5. The van der Waals surface area contributed by atoms with Gasteiger partial charge >= 0.3 is 5.97 Å². The Morgan fingerprint density at radius 3 is 2.72 bits per heavy atom. The molecule has 5 atom stereocenters. The summed E-state index contributed by atoms with van der Waals surface area (Å²) in [4.78, 5) is 12.0. The lowest BCUT2D eigenvalue weighted by molar-refractivity contribution is -0.332. The molecule has 5 unspecified atom stereocenters. The molecule has 3 rings (SSSR count). The van der Waals surface area contributed by atoms with Gasteiger partial charge in [0.1, 0.15) is 16.7 Å². The van der Waals surface area contributed by atoms with Crippen LogP contribution in [-0.4, -0.2) is 69.3 Å². The molecule has 1 aliphatic rings. The van der Waals surface area contributed by atoms with E-state index in [0.29, 0.717) is 9.58 Å². The van der Waals surface area contributed by atoms with Crippen LogP contribution in [0, 0.1) is 5.92 Å². The van der Waals surface area contributed by atoms with Crippen LogP contribution in [0.5, 0.6) is 5.75 Å². The summed E-state index contributed by atoms with van der Waals surface area (Å²) in [5.74, 6) is -1.40. The summed E-state index contributed by atoms with van der Waals surface area (Å²) in [7, 11) is 1.29. The molecule has 136 valence electrons. The Morgan fingerprint density at radius 1 is 1.36 bits per heavy atom. The van der Waals surface area contributed by atoms with E-state index in [1.807, 2.05) is 0 Å². The van der Waals surface area contributed by atoms with Gasteiger partial charge in [0.2, 0.25) is 6.29 Å². The average molecular weight is 370 g/mol. The first-order valence-electron chi connectivity index (χ1n) is 7.49. The summed E-state index contributed by atoms with van der Waals surface area (Å²) < 4.78 is 10.7. The van der Waals surface area contributed by atoms with Gasteiger partial charge in [0.05, 0.1) is 19.8 Å². The average Bonchev–Trinajstić information content (AvgIpc) is 3.04. The van der Waals surface area contributed by atoms with Gasteiger partial charge in [-0.25, -0.2) is 4.79 Å². The SMILES string of the molecule is COC(=O)c1cc2ccc(OC(O)C3(O)C(O)C(O)C3CO)cc2s1. The maximum atomic E-state index is 11.6. The van der Waals surface area contributed by atoms with E-state index in [1.165, 1.54) is 24.5 Å². The highest BCUT2D eigenvalue weighted by atomic mass is 32.1. The van der Waals surface area contributed by atoms with E-state index in [4.69, 9.17) is 4.74 Å². The number of fused-ring (bicyclic) bond motifs is 1. The zero-order valence-corrected chi connectivity index (χ0v) is 14.0. The third kappa shape index (κ3) is 2.78. The molecule has 2 aromatic rings. The van der Waals surface area contributed by atoms with E-state index < -0.39 is 42.6 Å². The minimum absolute atomic E-state index is 0.192. The molecule has 1 saturated carbocycles. The first kappa shape index (κ1) is 18.1. The number of carbonyl (C=O) groups excluding carboxylic acids is 1. The van der Waals surface area contributed by atoms with E-state index in [1.54, 1.807) is 18.2 Å². The fraction of sp³-hybridized carbons (Fsp3) is 0.438. The van der Waals surface area contributed by atoms with E-state index >= 15 is 0 Å². The highest BCUT2D eigenvalue weighted by molar-refractivity contribution is 7.20. The van der Waals surface area contributed by atoms with Crippen molar-refractivity contribution in [3.8, 4) is 5.75 Å². The minimum Gasteiger partial charge on any atom is -0.465 e. The van der Waals surface area contributed by atoms with Crippen molar-refractivity contribution < 1.29 is 39.8 Å². The predicted molar refractivity (Wildman–Crippen MR) is 87.3 cm³/mol. The zero-order chi connectivity index (χ0) is 18.4. The van der Waals surface area contributed by atoms with Gasteiger partial charge in [-0.2, -0.15) is 0 Å². The molecule has 0 amide bonds. The molecule has 1 heterocycles. The van der Waals surface area contributed by atoms with Crippen molar-refractivity contribution in [2.45, 2.75) is 24.1 Å². The van der Waals surface area contributed by atoms with Crippen LogP contribution in [0.3, 0.4) is 0 Å². The third-order valence-corrected chi connectivity index (χ3v) is 5.60. The fourth-order valence-corrected chi connectivity index (χ4v) is 3.97. The Kier molecular flexibility index (Phi) is 4.71. The van der Waals surface area contributed by atoms with Crippen LogP contribution >= 0.6 is 11.3 Å². The van der Waals surface area contributed by atoms with Crippen molar-refractivity contribution in [2.75, 3.05) is 13.7 Å². The Hall–Kier alpha value is -1.75. The lowest BCUT2D eigenvalue weighted by Gasteiger charge is -2.53. The molecule has 8 nitrogen and oxygen atoms in total. The molecule has 0 spiro atoms. The Balaban J connectivity index is 1.81. The first-order valence-corrected chi connectivity index (χ1v) is 8.30. The molecule has 0 aliphatic heterocycles. The minimum atomic E-state index is -2.18. The number of esters is 1. The number of aliphatic hydroxyl groups is 5. The van der Waals surface area contributed by atoms with Gasteiger partial charge < -0.3 is 35.0 Å². The number of thiophene rings is 1. The van der Waals surface area contributed by atoms with Gasteiger partial charge in [0.25, 0.3) is 0 Å². The van der Waals surface area contributed by atoms with Crippen LogP contribution < -0.4 is 4.74 Å². The Labute approximate surface area is 146 Å². The quantitative estimate of drug-likeness (QED) is 0.350. The molecule has 0 saturated heterocycles. The first-order chi connectivity index (χ1) is 11.8. The van der Waals surface area contributed by atoms with Gasteiger partial charge in [-0.3, -0.25) is 0 Å². The second-order valence-corrected chi connectivity index (χ2v) is 6.97. The smallest absolute Gasteiger partial charge is 0.348 e. The number of aliphatic hydroxyl groups excluding tert-OH is 4. The van der Waals surface area contributed by atoms with Gasteiger partial charge in [-0.15, -0.1) is 11.3 Å². The number of ether oxygens (including phenoxy) is 2. The Morgan fingerprint density at radius 2 is 2.08 bits per heavy atom. The topological polar surface area (TPSA) is 137 Å². The highest BCUT2D eigenvalue weighted by Crippen LogP contribution is 2.42. The van der Waals surface area contributed by atoms with Crippen molar-refractivity contribution in [1.82, 2.24) is 0 Å². The summed E-state index contributed by atoms with van der Waals surface area (Å²) in [5, 5.41) is 49.8. The number of hydrogen-bond acceptors (Lipinski definition) is 9. The Bertz CT molecular complexity index is 790. The summed E-state index contributed by atoms with van der Waals surface area (Å²) in [6, 6.07) is 6.42. The number of carbonyl (C=O) groups is 1.